The first-order valence-electron chi connectivity index (χ1n) is 9.01. The molecule has 0 unspecified atom stereocenters. The summed E-state index contributed by atoms with van der Waals surface area (Å²) in [7, 11) is 2.10. The van der Waals surface area contributed by atoms with E-state index in [1.165, 1.54) is 22.0 Å². The van der Waals surface area contributed by atoms with Crippen LogP contribution in [0.15, 0.2) is 55.0 Å². The Morgan fingerprint density at radius 1 is 1.12 bits per heavy atom. The number of ether oxygens (including phenoxy) is 1. The maximum absolute atomic E-state index is 5.88. The van der Waals surface area contributed by atoms with Crippen LogP contribution in [-0.2, 0) is 24.8 Å². The van der Waals surface area contributed by atoms with Gasteiger partial charge in [0.25, 0.3) is 0 Å². The molecule has 1 saturated heterocycles. The van der Waals surface area contributed by atoms with Crippen molar-refractivity contribution in [1.29, 1.82) is 0 Å². The minimum Gasteiger partial charge on any atom is -0.380 e. The molecule has 3 aromatic rings. The third-order valence-corrected chi connectivity index (χ3v) is 5.05. The summed E-state index contributed by atoms with van der Waals surface area (Å²) in [5, 5.41) is 1.32. The molecule has 0 radical (unpaired) electrons. The lowest BCUT2D eigenvalue weighted by molar-refractivity contribution is 0.121. The predicted molar refractivity (Wildman–Crippen MR) is 100 cm³/mol. The first-order chi connectivity index (χ1) is 12.3. The highest BCUT2D eigenvalue weighted by Gasteiger charge is 2.19. The van der Waals surface area contributed by atoms with E-state index in [0.717, 1.165) is 39.3 Å². The van der Waals surface area contributed by atoms with Crippen LogP contribution in [-0.4, -0.2) is 40.8 Å². The molecule has 0 spiro atoms. The second kappa shape index (κ2) is 7.38. The number of rotatable bonds is 4. The Morgan fingerprint density at radius 3 is 2.88 bits per heavy atom. The summed E-state index contributed by atoms with van der Waals surface area (Å²) in [6.45, 7) is 4.71. The SMILES string of the molecule is Cn1ccc2cc(C[C@@H]3COCCN(Cc4ccncc4)C3)ccc21. The Morgan fingerprint density at radius 2 is 2.00 bits per heavy atom. The zero-order valence-electron chi connectivity index (χ0n) is 14.8. The molecule has 0 N–H and O–H groups in total. The molecule has 3 heterocycles. The number of hydrogen-bond donors (Lipinski definition) is 0. The molecule has 1 aliphatic rings. The molecule has 1 atom stereocenters. The van der Waals surface area contributed by atoms with Gasteiger partial charge >= 0.3 is 0 Å². The molecule has 4 heteroatoms. The fourth-order valence-electron chi connectivity index (χ4n) is 3.76. The van der Waals surface area contributed by atoms with Crippen molar-refractivity contribution < 1.29 is 4.74 Å². The lowest BCUT2D eigenvalue weighted by Gasteiger charge is -2.23. The molecule has 0 aliphatic carbocycles. The van der Waals surface area contributed by atoms with Crippen LogP contribution in [0.5, 0.6) is 0 Å². The van der Waals surface area contributed by atoms with Gasteiger partial charge in [-0.3, -0.25) is 9.88 Å². The Labute approximate surface area is 149 Å². The van der Waals surface area contributed by atoms with Crippen molar-refractivity contribution in [3.63, 3.8) is 0 Å². The van der Waals surface area contributed by atoms with Gasteiger partial charge in [-0.2, -0.15) is 0 Å². The lowest BCUT2D eigenvalue weighted by atomic mass is 9.98. The van der Waals surface area contributed by atoms with Gasteiger partial charge in [-0.15, -0.1) is 0 Å². The predicted octanol–water partition coefficient (Wildman–Crippen LogP) is 3.26. The van der Waals surface area contributed by atoms with Crippen LogP contribution in [0.3, 0.4) is 0 Å². The molecule has 0 amide bonds. The van der Waals surface area contributed by atoms with Crippen molar-refractivity contribution in [3.05, 3.63) is 66.1 Å². The van der Waals surface area contributed by atoms with Crippen LogP contribution in [0.1, 0.15) is 11.1 Å². The van der Waals surface area contributed by atoms with Gasteiger partial charge in [-0.05, 0) is 59.2 Å². The molecular weight excluding hydrogens is 310 g/mol. The van der Waals surface area contributed by atoms with Gasteiger partial charge in [0.05, 0.1) is 13.2 Å². The molecule has 0 bridgehead atoms. The van der Waals surface area contributed by atoms with E-state index in [1.54, 1.807) is 0 Å². The third kappa shape index (κ3) is 3.91. The first kappa shape index (κ1) is 16.3. The van der Waals surface area contributed by atoms with E-state index in [4.69, 9.17) is 4.74 Å². The van der Waals surface area contributed by atoms with Crippen LogP contribution in [0.2, 0.25) is 0 Å². The summed E-state index contributed by atoms with van der Waals surface area (Å²) in [5.41, 5.74) is 4.01. The lowest BCUT2D eigenvalue weighted by Crippen LogP contribution is -2.30. The Kier molecular flexibility index (Phi) is 4.81. The monoisotopic (exact) mass is 335 g/mol. The molecule has 130 valence electrons. The normalized spacial score (nSPS) is 19.2. The summed E-state index contributed by atoms with van der Waals surface area (Å²) < 4.78 is 8.05. The van der Waals surface area contributed by atoms with Gasteiger partial charge in [-0.1, -0.05) is 6.07 Å². The molecule has 1 aromatic carbocycles. The molecular formula is C21H25N3O. The maximum atomic E-state index is 5.88. The smallest absolute Gasteiger partial charge is 0.0593 e. The largest absolute Gasteiger partial charge is 0.380 e. The van der Waals surface area contributed by atoms with E-state index in [1.807, 2.05) is 12.4 Å². The number of hydrogen-bond acceptors (Lipinski definition) is 3. The number of aryl methyl sites for hydroxylation is 1. The van der Waals surface area contributed by atoms with Crippen LogP contribution in [0.4, 0.5) is 0 Å². The van der Waals surface area contributed by atoms with Crippen LogP contribution < -0.4 is 0 Å². The zero-order valence-corrected chi connectivity index (χ0v) is 14.8. The highest BCUT2D eigenvalue weighted by Crippen LogP contribution is 2.21. The van der Waals surface area contributed by atoms with E-state index in [0.29, 0.717) is 5.92 Å². The molecule has 1 aliphatic heterocycles. The highest BCUT2D eigenvalue weighted by atomic mass is 16.5. The second-order valence-electron chi connectivity index (χ2n) is 7.06. The van der Waals surface area contributed by atoms with Crippen molar-refractivity contribution in [2.75, 3.05) is 26.3 Å². The van der Waals surface area contributed by atoms with Crippen molar-refractivity contribution in [1.82, 2.24) is 14.5 Å². The average Bonchev–Trinajstić information content (AvgIpc) is 2.85. The van der Waals surface area contributed by atoms with E-state index in [2.05, 4.69) is 64.1 Å². The van der Waals surface area contributed by atoms with E-state index >= 15 is 0 Å². The second-order valence-corrected chi connectivity index (χ2v) is 7.06. The van der Waals surface area contributed by atoms with E-state index in [9.17, 15) is 0 Å². The van der Waals surface area contributed by atoms with Gasteiger partial charge in [-0.25, -0.2) is 0 Å². The van der Waals surface area contributed by atoms with E-state index in [-0.39, 0.29) is 0 Å². The first-order valence-corrected chi connectivity index (χ1v) is 9.01. The average molecular weight is 335 g/mol. The minimum atomic E-state index is 0.533. The molecule has 1 fully saturated rings. The number of benzene rings is 1. The van der Waals surface area contributed by atoms with Gasteiger partial charge < -0.3 is 9.30 Å². The summed E-state index contributed by atoms with van der Waals surface area (Å²) in [5.74, 6) is 0.533. The number of pyridine rings is 1. The van der Waals surface area contributed by atoms with Crippen LogP contribution in [0.25, 0.3) is 10.9 Å². The standard InChI is InChI=1S/C21H25N3O/c1-23-9-6-20-13-18(2-3-21(20)23)12-19-15-24(10-11-25-16-19)14-17-4-7-22-8-5-17/h2-9,13,19H,10-12,14-16H2,1H3/t19-/m0/s1. The Hall–Kier alpha value is -2.17. The molecule has 2 aromatic heterocycles. The maximum Gasteiger partial charge on any atom is 0.0593 e. The van der Waals surface area contributed by atoms with Crippen LogP contribution in [0, 0.1) is 5.92 Å². The van der Waals surface area contributed by atoms with Gasteiger partial charge in [0.2, 0.25) is 0 Å². The summed E-state index contributed by atoms with van der Waals surface area (Å²) in [4.78, 5) is 6.62. The molecule has 0 saturated carbocycles. The molecule has 4 rings (SSSR count). The van der Waals surface area contributed by atoms with Crippen LogP contribution >= 0.6 is 0 Å². The molecule has 4 nitrogen and oxygen atoms in total. The minimum absolute atomic E-state index is 0.533. The molecule has 25 heavy (non-hydrogen) atoms. The summed E-state index contributed by atoms with van der Waals surface area (Å²) in [6.07, 6.45) is 6.93. The Balaban J connectivity index is 1.44. The quantitative estimate of drug-likeness (QED) is 0.733. The van der Waals surface area contributed by atoms with Crippen molar-refractivity contribution in [2.24, 2.45) is 13.0 Å². The van der Waals surface area contributed by atoms with Gasteiger partial charge in [0.15, 0.2) is 0 Å². The summed E-state index contributed by atoms with van der Waals surface area (Å²) >= 11 is 0. The number of aromatic nitrogens is 2. The number of nitrogens with zero attached hydrogens (tertiary/aromatic N) is 3. The zero-order chi connectivity index (χ0) is 17.1. The van der Waals surface area contributed by atoms with Gasteiger partial charge in [0.1, 0.15) is 0 Å². The highest BCUT2D eigenvalue weighted by molar-refractivity contribution is 5.80. The summed E-state index contributed by atoms with van der Waals surface area (Å²) in [6, 6.07) is 13.2. The van der Waals surface area contributed by atoms with Crippen molar-refractivity contribution >= 4 is 10.9 Å². The third-order valence-electron chi connectivity index (χ3n) is 5.05. The Bertz CT molecular complexity index is 828. The van der Waals surface area contributed by atoms with Crippen molar-refractivity contribution in [2.45, 2.75) is 13.0 Å². The fraction of sp³-hybridized carbons (Fsp3) is 0.381. The number of fused-ring (bicyclic) bond motifs is 1. The van der Waals surface area contributed by atoms with Crippen molar-refractivity contribution in [3.8, 4) is 0 Å². The van der Waals surface area contributed by atoms with E-state index < -0.39 is 0 Å². The van der Waals surface area contributed by atoms with Gasteiger partial charge in [0, 0.05) is 50.8 Å². The topological polar surface area (TPSA) is 30.3 Å². The fourth-order valence-corrected chi connectivity index (χ4v) is 3.76.